The summed E-state index contributed by atoms with van der Waals surface area (Å²) < 4.78 is 45.0. The molecule has 0 radical (unpaired) electrons. The number of sulfonamides is 1. The van der Waals surface area contributed by atoms with Crippen molar-refractivity contribution in [1.82, 2.24) is 5.32 Å². The number of ether oxygens (including phenoxy) is 3. The van der Waals surface area contributed by atoms with Crippen LogP contribution in [0.25, 0.3) is 0 Å². The fourth-order valence-corrected chi connectivity index (χ4v) is 6.87. The van der Waals surface area contributed by atoms with Crippen molar-refractivity contribution in [2.24, 2.45) is 17.8 Å². The maximum atomic E-state index is 13.1. The highest BCUT2D eigenvalue weighted by atomic mass is 32.2. The zero-order valence-electron chi connectivity index (χ0n) is 20.9. The van der Waals surface area contributed by atoms with E-state index < -0.39 is 22.1 Å². The number of amides is 1. The van der Waals surface area contributed by atoms with Crippen molar-refractivity contribution >= 4 is 27.6 Å². The van der Waals surface area contributed by atoms with Crippen molar-refractivity contribution < 1.29 is 32.2 Å². The lowest BCUT2D eigenvalue weighted by Gasteiger charge is -2.29. The van der Waals surface area contributed by atoms with Crippen LogP contribution in [0.3, 0.4) is 0 Å². The molecule has 37 heavy (non-hydrogen) atoms. The Morgan fingerprint density at radius 1 is 1.00 bits per heavy atom. The molecular formula is C27H32N2O7S. The maximum absolute atomic E-state index is 13.1. The number of nitrogens with one attached hydrogen (secondary N) is 2. The van der Waals surface area contributed by atoms with E-state index >= 15 is 0 Å². The standard InChI is InChI=1S/C27H32N2O7S/c1-16(22-14-18-7-8-19(22)13-18)28-26(30)17(2)36-27(31)21-5-3-4-6-23(21)29-37(32,33)20-9-10-24-25(15-20)35-12-11-34-24/h3-6,9-10,15-19,22,29H,7-8,11-14H2,1-2H3,(H,28,30)/t16-,17+,18+,19+,22-/m0/s1. The van der Waals surface area contributed by atoms with E-state index in [1.54, 1.807) is 12.1 Å². The Bertz CT molecular complexity index is 1300. The predicted molar refractivity (Wildman–Crippen MR) is 136 cm³/mol. The van der Waals surface area contributed by atoms with E-state index in [-0.39, 0.29) is 28.1 Å². The predicted octanol–water partition coefficient (Wildman–Crippen LogP) is 3.74. The maximum Gasteiger partial charge on any atom is 0.341 e. The minimum atomic E-state index is -4.05. The van der Waals surface area contributed by atoms with Crippen molar-refractivity contribution in [3.63, 3.8) is 0 Å². The second-order valence-corrected chi connectivity index (χ2v) is 11.8. The largest absolute Gasteiger partial charge is 0.486 e. The van der Waals surface area contributed by atoms with Gasteiger partial charge in [-0.05, 0) is 75.1 Å². The fourth-order valence-electron chi connectivity index (χ4n) is 5.78. The molecule has 0 spiro atoms. The van der Waals surface area contributed by atoms with Gasteiger partial charge in [0.05, 0.1) is 16.1 Å². The minimum absolute atomic E-state index is 0.00409. The summed E-state index contributed by atoms with van der Waals surface area (Å²) in [4.78, 5) is 25.7. The van der Waals surface area contributed by atoms with Crippen molar-refractivity contribution in [2.45, 2.75) is 56.6 Å². The number of carbonyl (C=O) groups is 2. The van der Waals surface area contributed by atoms with Gasteiger partial charge in [0, 0.05) is 12.1 Å². The van der Waals surface area contributed by atoms with Gasteiger partial charge < -0.3 is 19.5 Å². The van der Waals surface area contributed by atoms with Crippen LogP contribution in [0.2, 0.25) is 0 Å². The first-order valence-electron chi connectivity index (χ1n) is 12.7. The van der Waals surface area contributed by atoms with Crippen LogP contribution >= 0.6 is 0 Å². The average Bonchev–Trinajstić information content (AvgIpc) is 3.52. The third-order valence-corrected chi connectivity index (χ3v) is 9.04. The summed E-state index contributed by atoms with van der Waals surface area (Å²) in [7, 11) is -4.05. The lowest BCUT2D eigenvalue weighted by atomic mass is 9.84. The molecule has 2 aromatic carbocycles. The topological polar surface area (TPSA) is 120 Å². The van der Waals surface area contributed by atoms with Crippen molar-refractivity contribution in [3.8, 4) is 11.5 Å². The summed E-state index contributed by atoms with van der Waals surface area (Å²) in [5.74, 6) is 1.53. The fraction of sp³-hybridized carbons (Fsp3) is 0.481. The SMILES string of the molecule is C[C@H](NC(=O)[C@@H](C)OC(=O)c1ccccc1NS(=O)(=O)c1ccc2c(c1)OCCO2)[C@@H]1C[C@@H]2CC[C@@H]1C2. The van der Waals surface area contributed by atoms with Gasteiger partial charge >= 0.3 is 5.97 Å². The van der Waals surface area contributed by atoms with Crippen LogP contribution in [0, 0.1) is 17.8 Å². The Morgan fingerprint density at radius 3 is 2.49 bits per heavy atom. The number of benzene rings is 2. The first-order valence-corrected chi connectivity index (χ1v) is 14.2. The summed E-state index contributed by atoms with van der Waals surface area (Å²) in [6, 6.07) is 10.4. The van der Waals surface area contributed by atoms with Crippen LogP contribution in [0.5, 0.6) is 11.5 Å². The summed E-state index contributed by atoms with van der Waals surface area (Å²) in [6.45, 7) is 4.25. The normalized spacial score (nSPS) is 23.7. The first-order chi connectivity index (χ1) is 17.7. The van der Waals surface area contributed by atoms with Crippen molar-refractivity contribution in [2.75, 3.05) is 17.9 Å². The van der Waals surface area contributed by atoms with E-state index in [9.17, 15) is 18.0 Å². The Kier molecular flexibility index (Phi) is 7.02. The van der Waals surface area contributed by atoms with Crippen LogP contribution in [0.4, 0.5) is 5.69 Å². The Hall–Kier alpha value is -3.27. The highest BCUT2D eigenvalue weighted by molar-refractivity contribution is 7.92. The number of hydrogen-bond acceptors (Lipinski definition) is 7. The van der Waals surface area contributed by atoms with Gasteiger partial charge in [0.15, 0.2) is 17.6 Å². The van der Waals surface area contributed by atoms with Gasteiger partial charge in [-0.1, -0.05) is 18.6 Å². The summed E-state index contributed by atoms with van der Waals surface area (Å²) >= 11 is 0. The van der Waals surface area contributed by atoms with Crippen molar-refractivity contribution in [1.29, 1.82) is 0 Å². The molecule has 5 atom stereocenters. The number of anilines is 1. The van der Waals surface area contributed by atoms with Gasteiger partial charge in [-0.3, -0.25) is 9.52 Å². The molecule has 2 N–H and O–H groups in total. The van der Waals surface area contributed by atoms with Crippen molar-refractivity contribution in [3.05, 3.63) is 48.0 Å². The third-order valence-electron chi connectivity index (χ3n) is 7.67. The van der Waals surface area contributed by atoms with E-state index in [0.717, 1.165) is 12.3 Å². The molecule has 1 heterocycles. The molecule has 2 bridgehead atoms. The molecule has 1 amide bonds. The molecule has 2 fully saturated rings. The number of rotatable bonds is 8. The molecular weight excluding hydrogens is 496 g/mol. The smallest absolute Gasteiger partial charge is 0.341 e. The number of carbonyl (C=O) groups excluding carboxylic acids is 2. The van der Waals surface area contributed by atoms with E-state index in [4.69, 9.17) is 14.2 Å². The number of para-hydroxylation sites is 1. The van der Waals surface area contributed by atoms with E-state index in [1.165, 1.54) is 56.5 Å². The minimum Gasteiger partial charge on any atom is -0.486 e. The summed E-state index contributed by atoms with van der Waals surface area (Å²) in [6.07, 6.45) is 3.86. The molecule has 0 saturated heterocycles. The molecule has 2 aliphatic carbocycles. The highest BCUT2D eigenvalue weighted by Gasteiger charge is 2.42. The van der Waals surface area contributed by atoms with Crippen LogP contribution in [0.15, 0.2) is 47.4 Å². The van der Waals surface area contributed by atoms with Gasteiger partial charge in [-0.25, -0.2) is 13.2 Å². The quantitative estimate of drug-likeness (QED) is 0.501. The zero-order valence-corrected chi connectivity index (χ0v) is 21.8. The second-order valence-electron chi connectivity index (χ2n) is 10.1. The molecule has 10 heteroatoms. The molecule has 0 aromatic heterocycles. The first kappa shape index (κ1) is 25.4. The average molecular weight is 529 g/mol. The molecule has 198 valence electrons. The number of hydrogen-bond donors (Lipinski definition) is 2. The van der Waals surface area contributed by atoms with E-state index in [2.05, 4.69) is 10.0 Å². The Balaban J connectivity index is 1.24. The Morgan fingerprint density at radius 2 is 1.76 bits per heavy atom. The molecule has 1 aliphatic heterocycles. The summed E-state index contributed by atoms with van der Waals surface area (Å²) in [5, 5.41) is 3.01. The monoisotopic (exact) mass is 528 g/mol. The van der Waals surface area contributed by atoms with Gasteiger partial charge in [-0.15, -0.1) is 0 Å². The van der Waals surface area contributed by atoms with E-state index in [0.29, 0.717) is 36.5 Å². The van der Waals surface area contributed by atoms with E-state index in [1.807, 2.05) is 6.92 Å². The molecule has 3 aliphatic rings. The number of fused-ring (bicyclic) bond motifs is 3. The van der Waals surface area contributed by atoms with Crippen LogP contribution < -0.4 is 19.5 Å². The lowest BCUT2D eigenvalue weighted by molar-refractivity contribution is -0.130. The van der Waals surface area contributed by atoms with Crippen LogP contribution in [-0.4, -0.2) is 45.7 Å². The van der Waals surface area contributed by atoms with Crippen LogP contribution in [0.1, 0.15) is 49.9 Å². The molecule has 9 nitrogen and oxygen atoms in total. The molecule has 5 rings (SSSR count). The van der Waals surface area contributed by atoms with Gasteiger partial charge in [0.1, 0.15) is 13.2 Å². The highest BCUT2D eigenvalue weighted by Crippen LogP contribution is 2.49. The van der Waals surface area contributed by atoms with Crippen LogP contribution in [-0.2, 0) is 19.6 Å². The van der Waals surface area contributed by atoms with Gasteiger partial charge in [0.25, 0.3) is 15.9 Å². The lowest BCUT2D eigenvalue weighted by Crippen LogP contribution is -2.45. The Labute approximate surface area is 216 Å². The summed E-state index contributed by atoms with van der Waals surface area (Å²) in [5.41, 5.74) is 0.0507. The molecule has 2 aromatic rings. The molecule has 0 unspecified atom stereocenters. The zero-order chi connectivity index (χ0) is 26.2. The second kappa shape index (κ2) is 10.2. The van der Waals surface area contributed by atoms with Gasteiger partial charge in [0.2, 0.25) is 0 Å². The third kappa shape index (κ3) is 5.39. The molecule has 2 saturated carbocycles. The van der Waals surface area contributed by atoms with Gasteiger partial charge in [-0.2, -0.15) is 0 Å². The number of esters is 1.